The van der Waals surface area contributed by atoms with E-state index in [0.29, 0.717) is 6.10 Å². The Kier molecular flexibility index (Phi) is 7.65. The summed E-state index contributed by atoms with van der Waals surface area (Å²) in [6.07, 6.45) is 24.1. The van der Waals surface area contributed by atoms with Crippen molar-refractivity contribution in [3.63, 3.8) is 0 Å². The van der Waals surface area contributed by atoms with E-state index in [-0.39, 0.29) is 0 Å². The third-order valence-electron chi connectivity index (χ3n) is 7.35. The maximum atomic E-state index is 6.25. The van der Waals surface area contributed by atoms with Gasteiger partial charge >= 0.3 is 0 Å². The third-order valence-corrected chi connectivity index (χ3v) is 7.35. The van der Waals surface area contributed by atoms with E-state index in [2.05, 4.69) is 31.7 Å². The molecule has 2 aliphatic carbocycles. The Bertz CT molecular complexity index is 402. The Morgan fingerprint density at radius 2 is 1.48 bits per heavy atom. The van der Waals surface area contributed by atoms with E-state index in [1.54, 1.807) is 0 Å². The topological polar surface area (TPSA) is 9.23 Å². The van der Waals surface area contributed by atoms with E-state index in [0.717, 1.165) is 36.2 Å². The van der Waals surface area contributed by atoms with E-state index in [1.165, 1.54) is 77.0 Å². The molecule has 2 atom stereocenters. The molecule has 1 heterocycles. The zero-order chi connectivity index (χ0) is 17.5. The lowest BCUT2D eigenvalue weighted by Gasteiger charge is -2.37. The highest BCUT2D eigenvalue weighted by molar-refractivity contribution is 4.98. The molecule has 0 aromatic heterocycles. The summed E-state index contributed by atoms with van der Waals surface area (Å²) >= 11 is 0. The van der Waals surface area contributed by atoms with Crippen molar-refractivity contribution in [2.24, 2.45) is 29.6 Å². The van der Waals surface area contributed by atoms with Gasteiger partial charge in [-0.05, 0) is 81.0 Å². The normalized spacial score (nSPS) is 40.2. The van der Waals surface area contributed by atoms with Crippen LogP contribution in [0.5, 0.6) is 0 Å². The molecule has 2 saturated carbocycles. The molecule has 3 rings (SSSR count). The summed E-state index contributed by atoms with van der Waals surface area (Å²) in [4.78, 5) is 0. The number of rotatable bonds is 6. The van der Waals surface area contributed by atoms with Crippen LogP contribution in [0.2, 0.25) is 0 Å². The van der Waals surface area contributed by atoms with Crippen LogP contribution in [0.4, 0.5) is 0 Å². The van der Waals surface area contributed by atoms with Gasteiger partial charge in [-0.1, -0.05) is 50.8 Å². The lowest BCUT2D eigenvalue weighted by molar-refractivity contribution is -0.0170. The molecule has 3 aliphatic rings. The number of ether oxygens (including phenoxy) is 1. The van der Waals surface area contributed by atoms with Crippen molar-refractivity contribution >= 4 is 0 Å². The van der Waals surface area contributed by atoms with Crippen LogP contribution in [0.15, 0.2) is 24.8 Å². The van der Waals surface area contributed by atoms with Crippen LogP contribution in [0.25, 0.3) is 0 Å². The Labute approximate surface area is 156 Å². The van der Waals surface area contributed by atoms with E-state index in [9.17, 15) is 0 Å². The molecule has 0 aromatic carbocycles. The lowest BCUT2D eigenvalue weighted by atomic mass is 9.73. The van der Waals surface area contributed by atoms with Gasteiger partial charge in [0.15, 0.2) is 0 Å². The van der Waals surface area contributed by atoms with Gasteiger partial charge in [0.05, 0.1) is 12.7 Å². The molecular weight excluding hydrogens is 304 g/mol. The lowest BCUT2D eigenvalue weighted by Crippen LogP contribution is -2.31. The van der Waals surface area contributed by atoms with Crippen LogP contribution in [-0.2, 0) is 4.74 Å². The summed E-state index contributed by atoms with van der Waals surface area (Å²) in [7, 11) is 0. The zero-order valence-electron chi connectivity index (χ0n) is 16.5. The molecule has 0 amide bonds. The average molecular weight is 345 g/mol. The van der Waals surface area contributed by atoms with Crippen molar-refractivity contribution in [2.75, 3.05) is 6.61 Å². The summed E-state index contributed by atoms with van der Waals surface area (Å²) in [5.41, 5.74) is 0. The highest BCUT2D eigenvalue weighted by atomic mass is 16.5. The van der Waals surface area contributed by atoms with E-state index < -0.39 is 0 Å². The van der Waals surface area contributed by atoms with Gasteiger partial charge in [-0.3, -0.25) is 0 Å². The van der Waals surface area contributed by atoms with E-state index in [4.69, 9.17) is 4.74 Å². The third kappa shape index (κ3) is 5.71. The Morgan fingerprint density at radius 3 is 2.08 bits per heavy atom. The SMILES string of the molecule is C=CC1CCC(C=CC2CCC(C3CCC(CCC)CC3)CO2)CC1. The van der Waals surface area contributed by atoms with Gasteiger partial charge in [-0.2, -0.15) is 0 Å². The smallest absolute Gasteiger partial charge is 0.0756 e. The van der Waals surface area contributed by atoms with Crippen LogP contribution >= 0.6 is 0 Å². The molecule has 142 valence electrons. The maximum absolute atomic E-state index is 6.25. The first-order valence-corrected chi connectivity index (χ1v) is 11.2. The minimum absolute atomic E-state index is 0.393. The fraction of sp³-hybridized carbons (Fsp3) is 0.833. The van der Waals surface area contributed by atoms with Crippen LogP contribution in [0.1, 0.15) is 84.0 Å². The highest BCUT2D eigenvalue weighted by Gasteiger charge is 2.30. The Balaban J connectivity index is 1.35. The van der Waals surface area contributed by atoms with Crippen LogP contribution in [0.3, 0.4) is 0 Å². The molecule has 0 aromatic rings. The van der Waals surface area contributed by atoms with Gasteiger partial charge in [0.25, 0.3) is 0 Å². The fourth-order valence-electron chi connectivity index (χ4n) is 5.53. The first-order valence-electron chi connectivity index (χ1n) is 11.2. The molecule has 1 nitrogen and oxygen atoms in total. The summed E-state index contributed by atoms with van der Waals surface area (Å²) < 4.78 is 6.25. The van der Waals surface area contributed by atoms with Gasteiger partial charge in [0.1, 0.15) is 0 Å². The van der Waals surface area contributed by atoms with Crippen molar-refractivity contribution in [3.8, 4) is 0 Å². The highest BCUT2D eigenvalue weighted by Crippen LogP contribution is 2.39. The van der Waals surface area contributed by atoms with Crippen LogP contribution in [-0.4, -0.2) is 12.7 Å². The number of allylic oxidation sites excluding steroid dienone is 2. The summed E-state index contributed by atoms with van der Waals surface area (Å²) in [6, 6.07) is 0. The summed E-state index contributed by atoms with van der Waals surface area (Å²) in [5.74, 6) is 4.37. The van der Waals surface area contributed by atoms with Crippen molar-refractivity contribution in [1.29, 1.82) is 0 Å². The molecule has 2 unspecified atom stereocenters. The predicted octanol–water partition coefficient (Wildman–Crippen LogP) is 6.94. The quantitative estimate of drug-likeness (QED) is 0.474. The van der Waals surface area contributed by atoms with Gasteiger partial charge in [-0.25, -0.2) is 0 Å². The first-order chi connectivity index (χ1) is 12.3. The molecule has 0 N–H and O–H groups in total. The van der Waals surface area contributed by atoms with Crippen molar-refractivity contribution < 1.29 is 4.74 Å². The number of hydrogen-bond donors (Lipinski definition) is 0. The number of hydrogen-bond acceptors (Lipinski definition) is 1. The molecule has 3 fully saturated rings. The summed E-state index contributed by atoms with van der Waals surface area (Å²) in [5, 5.41) is 0. The van der Waals surface area contributed by atoms with Crippen LogP contribution in [0, 0.1) is 29.6 Å². The molecular formula is C24H40O. The van der Waals surface area contributed by atoms with Gasteiger partial charge in [-0.15, -0.1) is 6.58 Å². The maximum Gasteiger partial charge on any atom is 0.0756 e. The first kappa shape index (κ1) is 19.2. The van der Waals surface area contributed by atoms with Crippen molar-refractivity contribution in [3.05, 3.63) is 24.8 Å². The zero-order valence-corrected chi connectivity index (χ0v) is 16.5. The Hall–Kier alpha value is -0.560. The second-order valence-corrected chi connectivity index (χ2v) is 9.07. The summed E-state index contributed by atoms with van der Waals surface area (Å²) in [6.45, 7) is 7.30. The van der Waals surface area contributed by atoms with E-state index in [1.807, 2.05) is 0 Å². The second-order valence-electron chi connectivity index (χ2n) is 9.07. The molecule has 0 bridgehead atoms. The fourth-order valence-corrected chi connectivity index (χ4v) is 5.53. The van der Waals surface area contributed by atoms with Crippen molar-refractivity contribution in [1.82, 2.24) is 0 Å². The van der Waals surface area contributed by atoms with Crippen molar-refractivity contribution in [2.45, 2.75) is 90.1 Å². The second kappa shape index (κ2) is 9.95. The molecule has 1 aliphatic heterocycles. The monoisotopic (exact) mass is 344 g/mol. The molecule has 0 spiro atoms. The van der Waals surface area contributed by atoms with Gasteiger partial charge in [0, 0.05) is 0 Å². The van der Waals surface area contributed by atoms with Gasteiger partial charge < -0.3 is 4.74 Å². The average Bonchev–Trinajstić information content (AvgIpc) is 2.68. The van der Waals surface area contributed by atoms with Gasteiger partial charge in [0.2, 0.25) is 0 Å². The molecule has 1 saturated heterocycles. The van der Waals surface area contributed by atoms with E-state index >= 15 is 0 Å². The Morgan fingerprint density at radius 1 is 0.800 bits per heavy atom. The van der Waals surface area contributed by atoms with Crippen LogP contribution < -0.4 is 0 Å². The minimum atomic E-state index is 0.393. The molecule has 0 radical (unpaired) electrons. The minimum Gasteiger partial charge on any atom is -0.374 e. The standard InChI is InChI=1S/C24H40O/c1-3-5-20-10-13-22(14-11-20)23-15-17-24(25-18-23)16-12-21-8-6-19(4-2)7-9-21/h4,12,16,19-24H,2-3,5-11,13-15,17-18H2,1H3. The largest absolute Gasteiger partial charge is 0.374 e. The predicted molar refractivity (Wildman–Crippen MR) is 108 cm³/mol. The molecule has 1 heteroatoms. The molecule has 25 heavy (non-hydrogen) atoms.